The molecule has 2 nitrogen and oxygen atoms in total. The van der Waals surface area contributed by atoms with Gasteiger partial charge in [0.1, 0.15) is 5.75 Å². The van der Waals surface area contributed by atoms with Crippen LogP contribution in [0.25, 0.3) is 0 Å². The van der Waals surface area contributed by atoms with E-state index < -0.39 is 0 Å². The van der Waals surface area contributed by atoms with Gasteiger partial charge in [0.25, 0.3) is 0 Å². The van der Waals surface area contributed by atoms with Crippen LogP contribution in [-0.2, 0) is 6.54 Å². The third-order valence-electron chi connectivity index (χ3n) is 3.07. The Labute approximate surface area is 125 Å². The van der Waals surface area contributed by atoms with Crippen LogP contribution in [0.2, 0.25) is 5.02 Å². The van der Waals surface area contributed by atoms with Crippen molar-refractivity contribution >= 4 is 17.3 Å². The number of hydrogen-bond acceptors (Lipinski definition) is 2. The van der Waals surface area contributed by atoms with E-state index in [1.807, 2.05) is 30.3 Å². The molecule has 0 fully saturated rings. The molecule has 0 aliphatic heterocycles. The molecule has 2 aromatic carbocycles. The van der Waals surface area contributed by atoms with Crippen molar-refractivity contribution in [2.45, 2.75) is 26.8 Å². The Bertz CT molecular complexity index is 551. The second-order valence-corrected chi connectivity index (χ2v) is 5.24. The van der Waals surface area contributed by atoms with Gasteiger partial charge in [0.2, 0.25) is 0 Å². The molecule has 20 heavy (non-hydrogen) atoms. The number of anilines is 1. The average Bonchev–Trinajstić information content (AvgIpc) is 2.45. The van der Waals surface area contributed by atoms with Gasteiger partial charge in [-0.15, -0.1) is 0 Å². The normalized spacial score (nSPS) is 10.3. The fraction of sp³-hybridized carbons (Fsp3) is 0.294. The van der Waals surface area contributed by atoms with E-state index in [1.165, 1.54) is 5.56 Å². The third-order valence-corrected chi connectivity index (χ3v) is 3.30. The number of ether oxygens (including phenoxy) is 1. The van der Waals surface area contributed by atoms with Gasteiger partial charge in [0.05, 0.1) is 6.61 Å². The predicted molar refractivity (Wildman–Crippen MR) is 85.7 cm³/mol. The van der Waals surface area contributed by atoms with E-state index in [1.54, 1.807) is 0 Å². The number of aryl methyl sites for hydroxylation is 1. The summed E-state index contributed by atoms with van der Waals surface area (Å²) in [6.07, 6.45) is 1.03. The van der Waals surface area contributed by atoms with Crippen LogP contribution in [0.1, 0.15) is 24.5 Å². The van der Waals surface area contributed by atoms with Gasteiger partial charge in [-0.2, -0.15) is 0 Å². The van der Waals surface area contributed by atoms with Gasteiger partial charge in [-0.25, -0.2) is 0 Å². The highest BCUT2D eigenvalue weighted by Crippen LogP contribution is 2.20. The van der Waals surface area contributed by atoms with Crippen LogP contribution in [0, 0.1) is 6.92 Å². The average molecular weight is 290 g/mol. The maximum atomic E-state index is 5.95. The third kappa shape index (κ3) is 4.17. The van der Waals surface area contributed by atoms with Crippen molar-refractivity contribution in [3.63, 3.8) is 0 Å². The van der Waals surface area contributed by atoms with Crippen LogP contribution >= 0.6 is 11.6 Å². The highest BCUT2D eigenvalue weighted by molar-refractivity contribution is 6.30. The fourth-order valence-corrected chi connectivity index (χ4v) is 2.17. The Morgan fingerprint density at radius 2 is 1.85 bits per heavy atom. The molecule has 0 bridgehead atoms. The summed E-state index contributed by atoms with van der Waals surface area (Å²) in [4.78, 5) is 0. The van der Waals surface area contributed by atoms with Crippen molar-refractivity contribution < 1.29 is 4.74 Å². The minimum absolute atomic E-state index is 0.765. The minimum atomic E-state index is 0.765. The van der Waals surface area contributed by atoms with Gasteiger partial charge in [-0.1, -0.05) is 30.7 Å². The minimum Gasteiger partial charge on any atom is -0.494 e. The second kappa shape index (κ2) is 7.20. The molecule has 2 rings (SSSR count). The molecule has 0 saturated carbocycles. The largest absolute Gasteiger partial charge is 0.494 e. The molecular weight excluding hydrogens is 270 g/mol. The van der Waals surface area contributed by atoms with Crippen molar-refractivity contribution in [3.05, 3.63) is 58.6 Å². The first-order valence-corrected chi connectivity index (χ1v) is 7.28. The summed E-state index contributed by atoms with van der Waals surface area (Å²) in [6.45, 7) is 5.71. The quantitative estimate of drug-likeness (QED) is 0.803. The van der Waals surface area contributed by atoms with Crippen molar-refractivity contribution in [3.8, 4) is 5.75 Å². The molecule has 0 heterocycles. The first kappa shape index (κ1) is 14.7. The molecule has 106 valence electrons. The number of hydrogen-bond donors (Lipinski definition) is 1. The van der Waals surface area contributed by atoms with Gasteiger partial charge >= 0.3 is 0 Å². The van der Waals surface area contributed by atoms with Crippen LogP contribution in [0.4, 0.5) is 5.69 Å². The maximum absolute atomic E-state index is 5.95. The molecule has 0 radical (unpaired) electrons. The summed E-state index contributed by atoms with van der Waals surface area (Å²) in [5.41, 5.74) is 3.49. The van der Waals surface area contributed by atoms with Crippen LogP contribution in [0.3, 0.4) is 0 Å². The summed E-state index contributed by atoms with van der Waals surface area (Å²) in [5, 5.41) is 4.19. The van der Waals surface area contributed by atoms with Crippen LogP contribution in [-0.4, -0.2) is 6.61 Å². The van der Waals surface area contributed by atoms with Crippen LogP contribution in [0.15, 0.2) is 42.5 Å². The highest BCUT2D eigenvalue weighted by Gasteiger charge is 2.00. The van der Waals surface area contributed by atoms with Crippen LogP contribution in [0.5, 0.6) is 5.75 Å². The first-order valence-electron chi connectivity index (χ1n) is 6.91. The smallest absolute Gasteiger partial charge is 0.119 e. The zero-order chi connectivity index (χ0) is 14.4. The number of benzene rings is 2. The zero-order valence-corrected chi connectivity index (χ0v) is 12.7. The predicted octanol–water partition coefficient (Wildman–Crippen LogP) is 5.05. The van der Waals surface area contributed by atoms with Gasteiger partial charge in [0.15, 0.2) is 0 Å². The van der Waals surface area contributed by atoms with Gasteiger partial charge in [-0.05, 0) is 54.8 Å². The molecule has 0 unspecified atom stereocenters. The molecule has 0 saturated heterocycles. The molecular formula is C17H20ClNO. The van der Waals surface area contributed by atoms with Gasteiger partial charge < -0.3 is 10.1 Å². The molecule has 2 aromatic rings. The molecule has 0 aliphatic carbocycles. The molecule has 3 heteroatoms. The molecule has 0 atom stereocenters. The summed E-state index contributed by atoms with van der Waals surface area (Å²) in [5.74, 6) is 0.929. The standard InChI is InChI=1S/C17H20ClNO/c1-3-10-20-16-7-4-14(5-8-16)12-19-17-9-6-15(18)11-13(17)2/h4-9,11,19H,3,10,12H2,1-2H3. The van der Waals surface area contributed by atoms with E-state index in [4.69, 9.17) is 16.3 Å². The number of rotatable bonds is 6. The lowest BCUT2D eigenvalue weighted by Crippen LogP contribution is -2.01. The fourth-order valence-electron chi connectivity index (χ4n) is 1.95. The summed E-state index contributed by atoms with van der Waals surface area (Å²) < 4.78 is 5.57. The van der Waals surface area contributed by atoms with E-state index in [0.717, 1.165) is 41.6 Å². The van der Waals surface area contributed by atoms with Gasteiger partial charge in [0, 0.05) is 17.3 Å². The van der Waals surface area contributed by atoms with Crippen molar-refractivity contribution in [1.82, 2.24) is 0 Å². The monoisotopic (exact) mass is 289 g/mol. The molecule has 1 N–H and O–H groups in total. The van der Waals surface area contributed by atoms with Crippen molar-refractivity contribution in [1.29, 1.82) is 0 Å². The molecule has 0 aliphatic rings. The summed E-state index contributed by atoms with van der Waals surface area (Å²) in [6, 6.07) is 14.1. The van der Waals surface area contributed by atoms with E-state index >= 15 is 0 Å². The summed E-state index contributed by atoms with van der Waals surface area (Å²) >= 11 is 5.95. The molecule has 0 amide bonds. The SMILES string of the molecule is CCCOc1ccc(CNc2ccc(Cl)cc2C)cc1. The lowest BCUT2D eigenvalue weighted by Gasteiger charge is -2.10. The lowest BCUT2D eigenvalue weighted by atomic mass is 10.1. The highest BCUT2D eigenvalue weighted by atomic mass is 35.5. The Hall–Kier alpha value is -1.67. The zero-order valence-electron chi connectivity index (χ0n) is 11.9. The number of halogens is 1. The first-order chi connectivity index (χ1) is 9.69. The Balaban J connectivity index is 1.93. The van der Waals surface area contributed by atoms with E-state index in [2.05, 4.69) is 31.3 Å². The van der Waals surface area contributed by atoms with E-state index in [9.17, 15) is 0 Å². The van der Waals surface area contributed by atoms with Crippen molar-refractivity contribution in [2.75, 3.05) is 11.9 Å². The van der Waals surface area contributed by atoms with E-state index in [0.29, 0.717) is 0 Å². The topological polar surface area (TPSA) is 21.3 Å². The molecule has 0 spiro atoms. The Kier molecular flexibility index (Phi) is 5.31. The van der Waals surface area contributed by atoms with Crippen molar-refractivity contribution in [2.24, 2.45) is 0 Å². The summed E-state index contributed by atoms with van der Waals surface area (Å²) in [7, 11) is 0. The number of nitrogens with one attached hydrogen (secondary N) is 1. The van der Waals surface area contributed by atoms with Gasteiger partial charge in [-0.3, -0.25) is 0 Å². The molecule has 0 aromatic heterocycles. The Morgan fingerprint density at radius 3 is 2.50 bits per heavy atom. The van der Waals surface area contributed by atoms with E-state index in [-0.39, 0.29) is 0 Å². The van der Waals surface area contributed by atoms with Crippen LogP contribution < -0.4 is 10.1 Å². The Morgan fingerprint density at radius 1 is 1.10 bits per heavy atom. The maximum Gasteiger partial charge on any atom is 0.119 e. The lowest BCUT2D eigenvalue weighted by molar-refractivity contribution is 0.317. The second-order valence-electron chi connectivity index (χ2n) is 4.81.